The summed E-state index contributed by atoms with van der Waals surface area (Å²) in [5.41, 5.74) is -1.78. The molecule has 66 valence electrons. The van der Waals surface area contributed by atoms with Crippen molar-refractivity contribution >= 4 is 5.78 Å². The van der Waals surface area contributed by atoms with Gasteiger partial charge in [0.2, 0.25) is 0 Å². The van der Waals surface area contributed by atoms with E-state index in [2.05, 4.69) is 0 Å². The van der Waals surface area contributed by atoms with Gasteiger partial charge in [0.1, 0.15) is 11.5 Å². The van der Waals surface area contributed by atoms with Gasteiger partial charge < -0.3 is 0 Å². The van der Waals surface area contributed by atoms with Gasteiger partial charge in [-0.1, -0.05) is 13.8 Å². The van der Waals surface area contributed by atoms with Crippen LogP contribution < -0.4 is 0 Å². The van der Waals surface area contributed by atoms with E-state index >= 15 is 0 Å². The monoisotopic (exact) mass is 160 g/mol. The molecule has 0 aromatic heterocycles. The third-order valence-corrected chi connectivity index (χ3v) is 1.82. The molecule has 0 aromatic carbocycles. The summed E-state index contributed by atoms with van der Waals surface area (Å²) >= 11 is 0. The highest BCUT2D eigenvalue weighted by atomic mass is 19.1. The van der Waals surface area contributed by atoms with Gasteiger partial charge in [-0.2, -0.15) is 0 Å². The van der Waals surface area contributed by atoms with Crippen LogP contribution in [0.2, 0.25) is 0 Å². The number of carbonyl (C=O) groups is 1. The molecule has 0 radical (unpaired) electrons. The van der Waals surface area contributed by atoms with Crippen LogP contribution in [0, 0.1) is 5.41 Å². The molecule has 11 heavy (non-hydrogen) atoms. The summed E-state index contributed by atoms with van der Waals surface area (Å²) in [4.78, 5) is 11.0. The highest BCUT2D eigenvalue weighted by Crippen LogP contribution is 2.30. The van der Waals surface area contributed by atoms with E-state index < -0.39 is 11.1 Å². The molecule has 0 saturated heterocycles. The van der Waals surface area contributed by atoms with E-state index in [1.807, 2.05) is 0 Å². The molecule has 0 atom stereocenters. The fourth-order valence-electron chi connectivity index (χ4n) is 1.18. The molecule has 0 saturated carbocycles. The van der Waals surface area contributed by atoms with Crippen molar-refractivity contribution in [3.63, 3.8) is 0 Å². The van der Waals surface area contributed by atoms with E-state index in [-0.39, 0.29) is 12.2 Å². The van der Waals surface area contributed by atoms with Crippen molar-refractivity contribution in [3.05, 3.63) is 0 Å². The zero-order valence-corrected chi connectivity index (χ0v) is 7.99. The van der Waals surface area contributed by atoms with E-state index in [0.29, 0.717) is 0 Å². The van der Waals surface area contributed by atoms with Crippen LogP contribution in [0.3, 0.4) is 0 Å². The Bertz CT molecular complexity index is 153. The van der Waals surface area contributed by atoms with Gasteiger partial charge >= 0.3 is 0 Å². The molecule has 0 aliphatic rings. The molecule has 0 heterocycles. The molecule has 0 amide bonds. The quantitative estimate of drug-likeness (QED) is 0.620. The number of hydrogen-bond acceptors (Lipinski definition) is 1. The van der Waals surface area contributed by atoms with Gasteiger partial charge in [0, 0.05) is 5.41 Å². The van der Waals surface area contributed by atoms with Crippen molar-refractivity contribution in [2.45, 2.75) is 46.7 Å². The lowest BCUT2D eigenvalue weighted by molar-refractivity contribution is -0.126. The summed E-state index contributed by atoms with van der Waals surface area (Å²) in [6.45, 7) is 8.05. The lowest BCUT2D eigenvalue weighted by atomic mass is 9.80. The largest absolute Gasteiger partial charge is 0.299 e. The van der Waals surface area contributed by atoms with Crippen LogP contribution in [0.15, 0.2) is 0 Å². The van der Waals surface area contributed by atoms with Crippen LogP contribution in [-0.4, -0.2) is 11.5 Å². The zero-order chi connectivity index (χ0) is 9.28. The van der Waals surface area contributed by atoms with E-state index in [9.17, 15) is 9.18 Å². The topological polar surface area (TPSA) is 17.1 Å². The van der Waals surface area contributed by atoms with Crippen molar-refractivity contribution in [1.29, 1.82) is 0 Å². The predicted molar refractivity (Wildman–Crippen MR) is 44.3 cm³/mol. The number of rotatable bonds is 3. The molecule has 0 aromatic rings. The predicted octanol–water partition coefficient (Wildman–Crippen LogP) is 2.74. The molecule has 0 rings (SSSR count). The lowest BCUT2D eigenvalue weighted by Crippen LogP contribution is -2.29. The minimum absolute atomic E-state index is 0.0447. The van der Waals surface area contributed by atoms with Crippen LogP contribution in [0.25, 0.3) is 0 Å². The van der Waals surface area contributed by atoms with E-state index in [0.717, 1.165) is 0 Å². The fourth-order valence-corrected chi connectivity index (χ4v) is 1.18. The van der Waals surface area contributed by atoms with Crippen LogP contribution in [0.4, 0.5) is 4.39 Å². The Labute approximate surface area is 68.0 Å². The maximum Gasteiger partial charge on any atom is 0.135 e. The molecular weight excluding hydrogens is 143 g/mol. The molecule has 0 N–H and O–H groups in total. The second-order valence-electron chi connectivity index (χ2n) is 4.34. The Kier molecular flexibility index (Phi) is 2.81. The number of halogens is 1. The van der Waals surface area contributed by atoms with E-state index in [4.69, 9.17) is 0 Å². The Morgan fingerprint density at radius 2 is 1.64 bits per heavy atom. The lowest BCUT2D eigenvalue weighted by Gasteiger charge is -2.27. The van der Waals surface area contributed by atoms with Crippen LogP contribution in [0.5, 0.6) is 0 Å². The Morgan fingerprint density at radius 3 is 1.73 bits per heavy atom. The molecule has 0 spiro atoms. The average molecular weight is 160 g/mol. The maximum atomic E-state index is 13.1. The van der Waals surface area contributed by atoms with E-state index in [1.165, 1.54) is 20.8 Å². The third kappa shape index (κ3) is 4.12. The third-order valence-electron chi connectivity index (χ3n) is 1.82. The Balaban J connectivity index is 4.25. The summed E-state index contributed by atoms with van der Waals surface area (Å²) in [5.74, 6) is 0.0447. The zero-order valence-electron chi connectivity index (χ0n) is 7.99. The van der Waals surface area contributed by atoms with E-state index in [1.54, 1.807) is 13.8 Å². The first-order valence-electron chi connectivity index (χ1n) is 3.85. The van der Waals surface area contributed by atoms with Crippen molar-refractivity contribution in [1.82, 2.24) is 0 Å². The molecule has 2 heteroatoms. The van der Waals surface area contributed by atoms with Gasteiger partial charge in [-0.25, -0.2) is 4.39 Å². The molecule has 0 aliphatic carbocycles. The molecular formula is C9H17FO. The highest BCUT2D eigenvalue weighted by Gasteiger charge is 2.31. The minimum atomic E-state index is -1.25. The van der Waals surface area contributed by atoms with Gasteiger partial charge in [-0.15, -0.1) is 0 Å². The first-order valence-corrected chi connectivity index (χ1v) is 3.85. The van der Waals surface area contributed by atoms with Gasteiger partial charge in [-0.3, -0.25) is 4.79 Å². The number of hydrogen-bond donors (Lipinski definition) is 0. The fraction of sp³-hybridized carbons (Fsp3) is 0.889. The first-order chi connectivity index (χ1) is 4.65. The number of alkyl halides is 1. The van der Waals surface area contributed by atoms with Crippen LogP contribution >= 0.6 is 0 Å². The highest BCUT2D eigenvalue weighted by molar-refractivity contribution is 5.81. The van der Waals surface area contributed by atoms with Gasteiger partial charge in [-0.05, 0) is 27.2 Å². The average Bonchev–Trinajstić information content (AvgIpc) is 1.56. The van der Waals surface area contributed by atoms with Crippen LogP contribution in [-0.2, 0) is 4.79 Å². The smallest absolute Gasteiger partial charge is 0.135 e. The van der Waals surface area contributed by atoms with Gasteiger partial charge in [0.25, 0.3) is 0 Å². The minimum Gasteiger partial charge on any atom is -0.299 e. The van der Waals surface area contributed by atoms with Crippen molar-refractivity contribution in [2.75, 3.05) is 0 Å². The molecule has 0 bridgehead atoms. The number of ketones is 1. The Hall–Kier alpha value is -0.400. The molecule has 0 unspecified atom stereocenters. The van der Waals surface area contributed by atoms with Crippen molar-refractivity contribution in [3.8, 4) is 0 Å². The maximum absolute atomic E-state index is 13.1. The summed E-state index contributed by atoms with van der Waals surface area (Å²) < 4.78 is 13.1. The second-order valence-corrected chi connectivity index (χ2v) is 4.34. The van der Waals surface area contributed by atoms with Crippen LogP contribution in [0.1, 0.15) is 41.0 Å². The SMILES string of the molecule is CC(=O)C(C)(C)CC(C)(C)F. The molecule has 1 nitrogen and oxygen atoms in total. The number of Topliss-reactive ketones (excluding diaryl/α,β-unsaturated/α-hetero) is 1. The summed E-state index contributed by atoms with van der Waals surface area (Å²) in [6, 6.07) is 0. The first kappa shape index (κ1) is 10.6. The van der Waals surface area contributed by atoms with Crippen molar-refractivity contribution < 1.29 is 9.18 Å². The van der Waals surface area contributed by atoms with Gasteiger partial charge in [0.15, 0.2) is 0 Å². The number of carbonyl (C=O) groups excluding carboxylic acids is 1. The molecule has 0 aliphatic heterocycles. The summed E-state index contributed by atoms with van der Waals surface area (Å²) in [6.07, 6.45) is 0.287. The summed E-state index contributed by atoms with van der Waals surface area (Å²) in [7, 11) is 0. The standard InChI is InChI=1S/C9H17FO/c1-7(11)8(2,3)6-9(4,5)10/h6H2,1-5H3. The summed E-state index contributed by atoms with van der Waals surface area (Å²) in [5, 5.41) is 0. The Morgan fingerprint density at radius 1 is 1.27 bits per heavy atom. The molecule has 0 fully saturated rings. The second kappa shape index (κ2) is 2.92. The normalized spacial score (nSPS) is 13.3. The van der Waals surface area contributed by atoms with Crippen molar-refractivity contribution in [2.24, 2.45) is 5.41 Å². The van der Waals surface area contributed by atoms with Gasteiger partial charge in [0.05, 0.1) is 0 Å².